The van der Waals surface area contributed by atoms with Crippen LogP contribution in [-0.2, 0) is 14.9 Å². The van der Waals surface area contributed by atoms with E-state index in [0.717, 1.165) is 37.1 Å². The SMILES string of the molecule is [B]c1ccc2c(c1)OCC21CCN(CC(=O)OC(C)(C)C)CC1. The molecule has 5 heteroatoms. The van der Waals surface area contributed by atoms with Crippen molar-refractivity contribution in [2.75, 3.05) is 26.2 Å². The number of carbonyl (C=O) groups excluding carboxylic acids is 1. The number of likely N-dealkylation sites (tertiary alicyclic amines) is 1. The van der Waals surface area contributed by atoms with Gasteiger partial charge < -0.3 is 9.47 Å². The minimum absolute atomic E-state index is 0.0769. The summed E-state index contributed by atoms with van der Waals surface area (Å²) >= 11 is 0. The first kappa shape index (κ1) is 16.4. The molecule has 122 valence electrons. The summed E-state index contributed by atoms with van der Waals surface area (Å²) in [4.78, 5) is 14.1. The fourth-order valence-electron chi connectivity index (χ4n) is 3.50. The fourth-order valence-corrected chi connectivity index (χ4v) is 3.50. The predicted octanol–water partition coefficient (Wildman–Crippen LogP) is 1.55. The first-order valence-corrected chi connectivity index (χ1v) is 8.24. The number of benzene rings is 1. The van der Waals surface area contributed by atoms with Crippen LogP contribution in [-0.4, -0.2) is 50.6 Å². The molecule has 1 aromatic carbocycles. The number of hydrogen-bond acceptors (Lipinski definition) is 4. The second kappa shape index (κ2) is 5.86. The minimum Gasteiger partial charge on any atom is -0.492 e. The number of hydrogen-bond donors (Lipinski definition) is 0. The Kier molecular flexibility index (Phi) is 4.17. The molecule has 1 aromatic rings. The molecule has 2 aliphatic rings. The number of piperidine rings is 1. The van der Waals surface area contributed by atoms with Crippen molar-refractivity contribution in [3.63, 3.8) is 0 Å². The normalized spacial score (nSPS) is 20.1. The van der Waals surface area contributed by atoms with Gasteiger partial charge in [-0.3, -0.25) is 9.69 Å². The number of rotatable bonds is 2. The molecule has 2 radical (unpaired) electrons. The summed E-state index contributed by atoms with van der Waals surface area (Å²) in [5.74, 6) is 0.773. The number of ether oxygens (including phenoxy) is 2. The Morgan fingerprint density at radius 1 is 1.35 bits per heavy atom. The Hall–Kier alpha value is -1.49. The van der Waals surface area contributed by atoms with Gasteiger partial charge in [-0.2, -0.15) is 0 Å². The maximum atomic E-state index is 12.0. The molecule has 0 saturated carbocycles. The molecule has 1 saturated heterocycles. The van der Waals surface area contributed by atoms with E-state index in [-0.39, 0.29) is 11.4 Å². The lowest BCUT2D eigenvalue weighted by atomic mass is 9.74. The van der Waals surface area contributed by atoms with Crippen LogP contribution < -0.4 is 10.2 Å². The Morgan fingerprint density at radius 2 is 2.04 bits per heavy atom. The Balaban J connectivity index is 1.61. The Bertz CT molecular complexity index is 601. The molecule has 0 bridgehead atoms. The summed E-state index contributed by atoms with van der Waals surface area (Å²) in [6.45, 7) is 8.53. The largest absolute Gasteiger partial charge is 0.492 e. The topological polar surface area (TPSA) is 38.8 Å². The molecule has 0 aromatic heterocycles. The van der Waals surface area contributed by atoms with Crippen LogP contribution in [0.1, 0.15) is 39.2 Å². The standard InChI is InChI=1S/C18H24BNO3/c1-17(2,3)23-16(21)11-20-8-6-18(7-9-20)12-22-15-10-13(19)4-5-14(15)18/h4-5,10H,6-9,11-12H2,1-3H3. The van der Waals surface area contributed by atoms with Gasteiger partial charge in [0.2, 0.25) is 0 Å². The molecule has 1 spiro atoms. The maximum Gasteiger partial charge on any atom is 0.320 e. The van der Waals surface area contributed by atoms with Crippen LogP contribution in [0.3, 0.4) is 0 Å². The minimum atomic E-state index is -0.424. The first-order chi connectivity index (χ1) is 10.8. The average molecular weight is 313 g/mol. The molecular formula is C18H24BNO3. The van der Waals surface area contributed by atoms with Gasteiger partial charge in [0.15, 0.2) is 0 Å². The molecule has 2 aliphatic heterocycles. The van der Waals surface area contributed by atoms with E-state index in [4.69, 9.17) is 17.3 Å². The highest BCUT2D eigenvalue weighted by atomic mass is 16.6. The van der Waals surface area contributed by atoms with Crippen molar-refractivity contribution in [3.05, 3.63) is 23.8 Å². The van der Waals surface area contributed by atoms with Crippen molar-refractivity contribution >= 4 is 19.3 Å². The third-order valence-electron chi connectivity index (χ3n) is 4.67. The van der Waals surface area contributed by atoms with Crippen molar-refractivity contribution in [1.82, 2.24) is 4.90 Å². The lowest BCUT2D eigenvalue weighted by molar-refractivity contribution is -0.156. The monoisotopic (exact) mass is 313 g/mol. The highest BCUT2D eigenvalue weighted by molar-refractivity contribution is 6.32. The van der Waals surface area contributed by atoms with Crippen LogP contribution >= 0.6 is 0 Å². The summed E-state index contributed by atoms with van der Waals surface area (Å²) in [6, 6.07) is 5.96. The maximum absolute atomic E-state index is 12.0. The van der Waals surface area contributed by atoms with Gasteiger partial charge in [-0.15, -0.1) is 0 Å². The van der Waals surface area contributed by atoms with Crippen molar-refractivity contribution in [2.45, 2.75) is 44.6 Å². The highest BCUT2D eigenvalue weighted by Gasteiger charge is 2.43. The molecule has 0 aliphatic carbocycles. The Labute approximate surface area is 139 Å². The zero-order chi connectivity index (χ0) is 16.7. The molecule has 2 heterocycles. The van der Waals surface area contributed by atoms with Crippen molar-refractivity contribution in [1.29, 1.82) is 0 Å². The van der Waals surface area contributed by atoms with E-state index in [1.165, 1.54) is 5.56 Å². The Morgan fingerprint density at radius 3 is 2.70 bits per heavy atom. The average Bonchev–Trinajstić information content (AvgIpc) is 2.78. The van der Waals surface area contributed by atoms with Crippen LogP contribution in [0, 0.1) is 0 Å². The van der Waals surface area contributed by atoms with E-state index < -0.39 is 5.60 Å². The first-order valence-electron chi connectivity index (χ1n) is 8.24. The zero-order valence-corrected chi connectivity index (χ0v) is 14.2. The second-order valence-electron chi connectivity index (χ2n) is 7.69. The summed E-state index contributed by atoms with van der Waals surface area (Å²) < 4.78 is 11.3. The van der Waals surface area contributed by atoms with Gasteiger partial charge in [0.05, 0.1) is 13.2 Å². The van der Waals surface area contributed by atoms with Gasteiger partial charge >= 0.3 is 5.97 Å². The highest BCUT2D eigenvalue weighted by Crippen LogP contribution is 2.44. The van der Waals surface area contributed by atoms with E-state index in [1.807, 2.05) is 32.9 Å². The van der Waals surface area contributed by atoms with Gasteiger partial charge in [0, 0.05) is 11.0 Å². The third kappa shape index (κ3) is 3.55. The number of nitrogens with zero attached hydrogens (tertiary/aromatic N) is 1. The summed E-state index contributed by atoms with van der Waals surface area (Å²) in [7, 11) is 5.84. The van der Waals surface area contributed by atoms with Crippen LogP contribution in [0.25, 0.3) is 0 Å². The van der Waals surface area contributed by atoms with E-state index in [1.54, 1.807) is 0 Å². The quantitative estimate of drug-likeness (QED) is 0.613. The van der Waals surface area contributed by atoms with Crippen LogP contribution in [0.4, 0.5) is 0 Å². The molecule has 0 unspecified atom stereocenters. The molecule has 0 N–H and O–H groups in total. The van der Waals surface area contributed by atoms with Gasteiger partial charge in [-0.25, -0.2) is 0 Å². The zero-order valence-electron chi connectivity index (χ0n) is 14.2. The molecule has 0 amide bonds. The summed E-state index contributed by atoms with van der Waals surface area (Å²) in [5, 5.41) is 0. The fraction of sp³-hybridized carbons (Fsp3) is 0.611. The van der Waals surface area contributed by atoms with Crippen molar-refractivity contribution < 1.29 is 14.3 Å². The van der Waals surface area contributed by atoms with E-state index in [2.05, 4.69) is 11.0 Å². The lowest BCUT2D eigenvalue weighted by Gasteiger charge is -2.38. The molecule has 1 fully saturated rings. The second-order valence-corrected chi connectivity index (χ2v) is 7.69. The van der Waals surface area contributed by atoms with Crippen molar-refractivity contribution in [2.24, 2.45) is 0 Å². The van der Waals surface area contributed by atoms with Gasteiger partial charge in [0.25, 0.3) is 0 Å². The molecule has 0 atom stereocenters. The van der Waals surface area contributed by atoms with Gasteiger partial charge in [-0.05, 0) is 52.8 Å². The number of esters is 1. The summed E-state index contributed by atoms with van der Waals surface area (Å²) in [5.41, 5.74) is 1.66. The van der Waals surface area contributed by atoms with Crippen LogP contribution in [0.2, 0.25) is 0 Å². The molecule has 23 heavy (non-hydrogen) atoms. The number of fused-ring (bicyclic) bond motifs is 2. The third-order valence-corrected chi connectivity index (χ3v) is 4.67. The van der Waals surface area contributed by atoms with Gasteiger partial charge in [0.1, 0.15) is 19.2 Å². The smallest absolute Gasteiger partial charge is 0.320 e. The summed E-state index contributed by atoms with van der Waals surface area (Å²) in [6.07, 6.45) is 1.99. The van der Waals surface area contributed by atoms with E-state index >= 15 is 0 Å². The molecule has 4 nitrogen and oxygen atoms in total. The van der Waals surface area contributed by atoms with Crippen molar-refractivity contribution in [3.8, 4) is 5.75 Å². The van der Waals surface area contributed by atoms with E-state index in [9.17, 15) is 4.79 Å². The molecule has 3 rings (SSSR count). The van der Waals surface area contributed by atoms with Gasteiger partial charge in [-0.1, -0.05) is 17.6 Å². The molecular weight excluding hydrogens is 289 g/mol. The van der Waals surface area contributed by atoms with Crippen LogP contribution in [0.15, 0.2) is 18.2 Å². The number of carbonyl (C=O) groups is 1. The van der Waals surface area contributed by atoms with Crippen LogP contribution in [0.5, 0.6) is 5.75 Å². The van der Waals surface area contributed by atoms with E-state index in [0.29, 0.717) is 13.2 Å². The lowest BCUT2D eigenvalue weighted by Crippen LogP contribution is -2.46. The predicted molar refractivity (Wildman–Crippen MR) is 90.5 cm³/mol.